The number of hydrogen-bond acceptors (Lipinski definition) is 2. The zero-order valence-electron chi connectivity index (χ0n) is 11.6. The predicted octanol–water partition coefficient (Wildman–Crippen LogP) is 3.46. The SMILES string of the molecule is Cc1cc(C)n(C2C=CC(C)N2c2ccccc2)n1. The molecule has 0 fully saturated rings. The Kier molecular flexibility index (Phi) is 2.90. The molecule has 2 aromatic rings. The third-order valence-electron chi connectivity index (χ3n) is 3.64. The van der Waals surface area contributed by atoms with Crippen molar-refractivity contribution in [3.63, 3.8) is 0 Å². The maximum absolute atomic E-state index is 4.63. The van der Waals surface area contributed by atoms with Crippen molar-refractivity contribution in [2.45, 2.75) is 33.0 Å². The number of nitrogens with zero attached hydrogens (tertiary/aromatic N) is 3. The molecule has 0 aliphatic carbocycles. The Balaban J connectivity index is 2.01. The largest absolute Gasteiger partial charge is 0.340 e. The van der Waals surface area contributed by atoms with E-state index in [1.807, 2.05) is 6.92 Å². The van der Waals surface area contributed by atoms with E-state index in [1.165, 1.54) is 11.4 Å². The molecule has 0 spiro atoms. The Morgan fingerprint density at radius 2 is 1.79 bits per heavy atom. The number of anilines is 1. The molecule has 0 saturated carbocycles. The van der Waals surface area contributed by atoms with Crippen LogP contribution in [0, 0.1) is 13.8 Å². The van der Waals surface area contributed by atoms with E-state index in [4.69, 9.17) is 0 Å². The lowest BCUT2D eigenvalue weighted by molar-refractivity contribution is 0.499. The quantitative estimate of drug-likeness (QED) is 0.764. The van der Waals surface area contributed by atoms with E-state index in [9.17, 15) is 0 Å². The van der Waals surface area contributed by atoms with Gasteiger partial charge in [0.05, 0.1) is 5.69 Å². The lowest BCUT2D eigenvalue weighted by Gasteiger charge is -2.31. The van der Waals surface area contributed by atoms with E-state index in [0.29, 0.717) is 6.04 Å². The molecule has 3 heteroatoms. The second-order valence-electron chi connectivity index (χ2n) is 5.15. The summed E-state index contributed by atoms with van der Waals surface area (Å²) in [7, 11) is 0. The van der Waals surface area contributed by atoms with Crippen molar-refractivity contribution in [1.29, 1.82) is 0 Å². The van der Waals surface area contributed by atoms with E-state index >= 15 is 0 Å². The second kappa shape index (κ2) is 4.57. The normalized spacial score (nSPS) is 22.2. The van der Waals surface area contributed by atoms with Gasteiger partial charge in [-0.05, 0) is 45.0 Å². The molecule has 19 heavy (non-hydrogen) atoms. The van der Waals surface area contributed by atoms with E-state index in [2.05, 4.69) is 77.1 Å². The molecule has 1 aromatic heterocycles. The average Bonchev–Trinajstić information content (AvgIpc) is 2.93. The molecule has 0 bridgehead atoms. The van der Waals surface area contributed by atoms with Crippen LogP contribution in [0.25, 0.3) is 0 Å². The van der Waals surface area contributed by atoms with Gasteiger partial charge in [0.25, 0.3) is 0 Å². The molecule has 1 aliphatic rings. The molecule has 2 heterocycles. The van der Waals surface area contributed by atoms with Crippen molar-refractivity contribution in [3.05, 3.63) is 59.9 Å². The van der Waals surface area contributed by atoms with Crippen LogP contribution in [0.3, 0.4) is 0 Å². The molecule has 0 saturated heterocycles. The van der Waals surface area contributed by atoms with Crippen LogP contribution < -0.4 is 4.90 Å². The van der Waals surface area contributed by atoms with Crippen molar-refractivity contribution in [1.82, 2.24) is 9.78 Å². The highest BCUT2D eigenvalue weighted by molar-refractivity contribution is 5.51. The fourth-order valence-corrected chi connectivity index (χ4v) is 2.79. The van der Waals surface area contributed by atoms with Gasteiger partial charge in [-0.25, -0.2) is 4.68 Å². The summed E-state index contributed by atoms with van der Waals surface area (Å²) in [4.78, 5) is 2.39. The molecule has 2 unspecified atom stereocenters. The van der Waals surface area contributed by atoms with Crippen molar-refractivity contribution >= 4 is 5.69 Å². The van der Waals surface area contributed by atoms with Gasteiger partial charge in [-0.1, -0.05) is 24.3 Å². The van der Waals surface area contributed by atoms with E-state index in [1.54, 1.807) is 0 Å². The monoisotopic (exact) mass is 253 g/mol. The zero-order chi connectivity index (χ0) is 13.4. The summed E-state index contributed by atoms with van der Waals surface area (Å²) in [5.41, 5.74) is 3.50. The minimum atomic E-state index is 0.172. The molecule has 1 aromatic carbocycles. The maximum Gasteiger partial charge on any atom is 0.142 e. The van der Waals surface area contributed by atoms with Gasteiger partial charge >= 0.3 is 0 Å². The summed E-state index contributed by atoms with van der Waals surface area (Å²) in [6, 6.07) is 13.0. The molecule has 1 aliphatic heterocycles. The van der Waals surface area contributed by atoms with Gasteiger partial charge < -0.3 is 4.90 Å². The first-order chi connectivity index (χ1) is 9.16. The molecular weight excluding hydrogens is 234 g/mol. The number of benzene rings is 1. The minimum Gasteiger partial charge on any atom is -0.340 e. The highest BCUT2D eigenvalue weighted by atomic mass is 15.4. The molecule has 3 nitrogen and oxygen atoms in total. The Hall–Kier alpha value is -2.03. The minimum absolute atomic E-state index is 0.172. The van der Waals surface area contributed by atoms with Crippen LogP contribution in [0.4, 0.5) is 5.69 Å². The number of aryl methyl sites for hydroxylation is 2. The van der Waals surface area contributed by atoms with Gasteiger partial charge in [0.2, 0.25) is 0 Å². The van der Waals surface area contributed by atoms with E-state index in [-0.39, 0.29) is 6.17 Å². The highest BCUT2D eigenvalue weighted by Gasteiger charge is 2.28. The van der Waals surface area contributed by atoms with Gasteiger partial charge in [-0.15, -0.1) is 0 Å². The number of aromatic nitrogens is 2. The van der Waals surface area contributed by atoms with Gasteiger partial charge in [0.1, 0.15) is 6.17 Å². The first-order valence-corrected chi connectivity index (χ1v) is 6.71. The maximum atomic E-state index is 4.63. The summed E-state index contributed by atoms with van der Waals surface area (Å²) >= 11 is 0. The topological polar surface area (TPSA) is 21.1 Å². The van der Waals surface area contributed by atoms with Crippen molar-refractivity contribution in [2.24, 2.45) is 0 Å². The van der Waals surface area contributed by atoms with Gasteiger partial charge in [-0.2, -0.15) is 5.10 Å². The highest BCUT2D eigenvalue weighted by Crippen LogP contribution is 2.32. The first-order valence-electron chi connectivity index (χ1n) is 6.71. The van der Waals surface area contributed by atoms with Crippen LogP contribution in [-0.4, -0.2) is 15.8 Å². The van der Waals surface area contributed by atoms with Crippen molar-refractivity contribution in [3.8, 4) is 0 Å². The zero-order valence-corrected chi connectivity index (χ0v) is 11.6. The third kappa shape index (κ3) is 2.05. The van der Waals surface area contributed by atoms with Crippen LogP contribution in [0.2, 0.25) is 0 Å². The van der Waals surface area contributed by atoms with Gasteiger partial charge in [-0.3, -0.25) is 0 Å². The summed E-state index contributed by atoms with van der Waals surface area (Å²) in [5.74, 6) is 0. The van der Waals surface area contributed by atoms with Crippen LogP contribution in [0.5, 0.6) is 0 Å². The van der Waals surface area contributed by atoms with Gasteiger partial charge in [0.15, 0.2) is 0 Å². The molecular formula is C16H19N3. The summed E-state index contributed by atoms with van der Waals surface area (Å²) < 4.78 is 2.10. The number of para-hydroxylation sites is 1. The van der Waals surface area contributed by atoms with E-state index in [0.717, 1.165) is 5.69 Å². The Bertz CT molecular complexity index is 598. The molecule has 3 rings (SSSR count). The smallest absolute Gasteiger partial charge is 0.142 e. The molecule has 0 radical (unpaired) electrons. The Morgan fingerprint density at radius 3 is 2.42 bits per heavy atom. The van der Waals surface area contributed by atoms with E-state index < -0.39 is 0 Å². The molecule has 0 amide bonds. The predicted molar refractivity (Wildman–Crippen MR) is 78.3 cm³/mol. The summed E-state index contributed by atoms with van der Waals surface area (Å²) in [5, 5.41) is 4.63. The fraction of sp³-hybridized carbons (Fsp3) is 0.312. The third-order valence-corrected chi connectivity index (χ3v) is 3.64. The fourth-order valence-electron chi connectivity index (χ4n) is 2.79. The lowest BCUT2D eigenvalue weighted by atomic mass is 10.2. The van der Waals surface area contributed by atoms with Crippen LogP contribution >= 0.6 is 0 Å². The first kappa shape index (κ1) is 12.0. The molecule has 0 N–H and O–H groups in total. The number of hydrogen-bond donors (Lipinski definition) is 0. The Morgan fingerprint density at radius 1 is 1.05 bits per heavy atom. The molecule has 2 atom stereocenters. The molecule has 98 valence electrons. The van der Waals surface area contributed by atoms with Crippen molar-refractivity contribution < 1.29 is 0 Å². The van der Waals surface area contributed by atoms with Crippen molar-refractivity contribution in [2.75, 3.05) is 4.90 Å². The van der Waals surface area contributed by atoms with Crippen LogP contribution in [0.15, 0.2) is 48.6 Å². The lowest BCUT2D eigenvalue weighted by Crippen LogP contribution is -2.34. The Labute approximate surface area is 114 Å². The summed E-state index contributed by atoms with van der Waals surface area (Å²) in [6.45, 7) is 6.37. The average molecular weight is 253 g/mol. The number of rotatable bonds is 2. The second-order valence-corrected chi connectivity index (χ2v) is 5.15. The summed E-state index contributed by atoms with van der Waals surface area (Å²) in [6.07, 6.45) is 4.65. The van der Waals surface area contributed by atoms with Crippen LogP contribution in [0.1, 0.15) is 24.5 Å². The van der Waals surface area contributed by atoms with Gasteiger partial charge in [0, 0.05) is 17.4 Å². The van der Waals surface area contributed by atoms with Crippen LogP contribution in [-0.2, 0) is 0 Å². The standard InChI is InChI=1S/C16H19N3/c1-12-11-14(3)19(17-12)16-10-9-13(2)18(16)15-7-5-4-6-8-15/h4-11,13,16H,1-3H3.